The quantitative estimate of drug-likeness (QED) is 0.534. The first-order valence-electron chi connectivity index (χ1n) is 4.59. The lowest BCUT2D eigenvalue weighted by Crippen LogP contribution is -2.42. The molecule has 0 aliphatic heterocycles. The molecule has 1 amide bonds. The van der Waals surface area contributed by atoms with Gasteiger partial charge in [-0.3, -0.25) is 4.79 Å². The van der Waals surface area contributed by atoms with Gasteiger partial charge in [0.15, 0.2) is 0 Å². The lowest BCUT2D eigenvalue weighted by molar-refractivity contribution is -0.120. The standard InChI is InChI=1S/C9H19NO4/c1-6(10-7(2)11)9(13)4-8(12)5-14-3/h6,8-9,12-13H,4-5H2,1-3H3,(H,10,11)/t6?,8?,9-/m1/s1. The van der Waals surface area contributed by atoms with Crippen molar-refractivity contribution in [3.8, 4) is 0 Å². The average molecular weight is 205 g/mol. The number of carbonyl (C=O) groups excluding carboxylic acids is 1. The van der Waals surface area contributed by atoms with Crippen molar-refractivity contribution < 1.29 is 19.7 Å². The van der Waals surface area contributed by atoms with E-state index < -0.39 is 12.2 Å². The first-order chi connectivity index (χ1) is 6.47. The number of aliphatic hydroxyl groups excluding tert-OH is 2. The van der Waals surface area contributed by atoms with E-state index in [0.29, 0.717) is 0 Å². The number of aliphatic hydroxyl groups is 2. The van der Waals surface area contributed by atoms with Gasteiger partial charge in [-0.25, -0.2) is 0 Å². The fourth-order valence-corrected chi connectivity index (χ4v) is 1.16. The van der Waals surface area contributed by atoms with Crippen molar-refractivity contribution in [2.45, 2.75) is 38.5 Å². The monoisotopic (exact) mass is 205 g/mol. The number of amides is 1. The van der Waals surface area contributed by atoms with Crippen LogP contribution in [0.4, 0.5) is 0 Å². The van der Waals surface area contributed by atoms with E-state index in [2.05, 4.69) is 5.32 Å². The Morgan fingerprint density at radius 3 is 2.50 bits per heavy atom. The van der Waals surface area contributed by atoms with Gasteiger partial charge in [0.1, 0.15) is 0 Å². The van der Waals surface area contributed by atoms with Crippen molar-refractivity contribution in [2.24, 2.45) is 0 Å². The summed E-state index contributed by atoms with van der Waals surface area (Å²) in [5.74, 6) is -0.196. The molecule has 5 heteroatoms. The number of hydrogen-bond donors (Lipinski definition) is 3. The molecule has 0 rings (SSSR count). The van der Waals surface area contributed by atoms with Gasteiger partial charge >= 0.3 is 0 Å². The Morgan fingerprint density at radius 2 is 2.07 bits per heavy atom. The Labute approximate surface area is 84.1 Å². The summed E-state index contributed by atoms with van der Waals surface area (Å²) in [5.41, 5.74) is 0. The maximum Gasteiger partial charge on any atom is 0.217 e. The maximum absolute atomic E-state index is 10.7. The highest BCUT2D eigenvalue weighted by Crippen LogP contribution is 2.03. The second kappa shape index (κ2) is 6.75. The van der Waals surface area contributed by atoms with E-state index in [0.717, 1.165) is 0 Å². The van der Waals surface area contributed by atoms with Crippen molar-refractivity contribution in [1.29, 1.82) is 0 Å². The molecule has 0 fully saturated rings. The van der Waals surface area contributed by atoms with Crippen molar-refractivity contribution in [3.63, 3.8) is 0 Å². The minimum atomic E-state index is -0.760. The van der Waals surface area contributed by atoms with Gasteiger partial charge in [-0.1, -0.05) is 0 Å². The van der Waals surface area contributed by atoms with Crippen LogP contribution in [0.25, 0.3) is 0 Å². The molecule has 0 aliphatic rings. The van der Waals surface area contributed by atoms with E-state index in [1.54, 1.807) is 6.92 Å². The molecule has 0 aromatic heterocycles. The van der Waals surface area contributed by atoms with Gasteiger partial charge in [0.25, 0.3) is 0 Å². The second-order valence-corrected chi connectivity index (χ2v) is 3.40. The molecule has 0 heterocycles. The molecule has 2 unspecified atom stereocenters. The summed E-state index contributed by atoms with van der Waals surface area (Å²) in [6.45, 7) is 3.25. The van der Waals surface area contributed by atoms with Crippen LogP contribution >= 0.6 is 0 Å². The fourth-order valence-electron chi connectivity index (χ4n) is 1.16. The van der Waals surface area contributed by atoms with Crippen LogP contribution in [0.2, 0.25) is 0 Å². The Bertz CT molecular complexity index is 174. The van der Waals surface area contributed by atoms with Crippen molar-refractivity contribution >= 4 is 5.91 Å². The summed E-state index contributed by atoms with van der Waals surface area (Å²) in [7, 11) is 1.48. The molecule has 0 bridgehead atoms. The van der Waals surface area contributed by atoms with Crippen LogP contribution in [-0.4, -0.2) is 48.1 Å². The summed E-state index contributed by atoms with van der Waals surface area (Å²) in [6, 6.07) is -0.362. The van der Waals surface area contributed by atoms with Crippen molar-refractivity contribution in [3.05, 3.63) is 0 Å². The minimum Gasteiger partial charge on any atom is -0.391 e. The summed E-state index contributed by atoms with van der Waals surface area (Å²) in [5, 5.41) is 21.4. The lowest BCUT2D eigenvalue weighted by atomic mass is 10.1. The zero-order valence-electron chi connectivity index (χ0n) is 8.86. The van der Waals surface area contributed by atoms with E-state index in [1.807, 2.05) is 0 Å². The van der Waals surface area contributed by atoms with Gasteiger partial charge in [0, 0.05) is 20.5 Å². The average Bonchev–Trinajstić information content (AvgIpc) is 2.02. The van der Waals surface area contributed by atoms with Crippen LogP contribution in [0.5, 0.6) is 0 Å². The highest BCUT2D eigenvalue weighted by Gasteiger charge is 2.18. The van der Waals surface area contributed by atoms with Crippen LogP contribution in [-0.2, 0) is 9.53 Å². The molecule has 5 nitrogen and oxygen atoms in total. The third-order valence-corrected chi connectivity index (χ3v) is 1.88. The molecule has 3 N–H and O–H groups in total. The SMILES string of the molecule is COCC(O)C[C@@H](O)C(C)NC(C)=O. The Hall–Kier alpha value is -0.650. The van der Waals surface area contributed by atoms with E-state index >= 15 is 0 Å². The van der Waals surface area contributed by atoms with Gasteiger partial charge in [-0.05, 0) is 6.92 Å². The Kier molecular flexibility index (Phi) is 6.44. The molecule has 0 saturated heterocycles. The van der Waals surface area contributed by atoms with E-state index in [1.165, 1.54) is 14.0 Å². The van der Waals surface area contributed by atoms with Crippen molar-refractivity contribution in [2.75, 3.05) is 13.7 Å². The fraction of sp³-hybridized carbons (Fsp3) is 0.889. The van der Waals surface area contributed by atoms with Gasteiger partial charge in [0.05, 0.1) is 24.9 Å². The van der Waals surface area contributed by atoms with Crippen molar-refractivity contribution in [1.82, 2.24) is 5.32 Å². The predicted octanol–water partition coefficient (Wildman–Crippen LogP) is -0.731. The minimum absolute atomic E-state index is 0.184. The number of nitrogens with one attached hydrogen (secondary N) is 1. The molecule has 0 saturated carbocycles. The molecule has 0 radical (unpaired) electrons. The molecule has 84 valence electrons. The predicted molar refractivity (Wildman–Crippen MR) is 51.8 cm³/mol. The number of rotatable bonds is 6. The van der Waals surface area contributed by atoms with Crippen LogP contribution in [0.3, 0.4) is 0 Å². The lowest BCUT2D eigenvalue weighted by Gasteiger charge is -2.21. The second-order valence-electron chi connectivity index (χ2n) is 3.40. The molecule has 0 aromatic carbocycles. The summed E-state index contributed by atoms with van der Waals surface area (Å²) < 4.78 is 4.72. The molecule has 0 spiro atoms. The third kappa shape index (κ3) is 5.90. The third-order valence-electron chi connectivity index (χ3n) is 1.88. The number of ether oxygens (including phenoxy) is 1. The largest absolute Gasteiger partial charge is 0.391 e. The van der Waals surface area contributed by atoms with Crippen LogP contribution in [0.1, 0.15) is 20.3 Å². The first kappa shape index (κ1) is 13.4. The smallest absolute Gasteiger partial charge is 0.217 e. The van der Waals surface area contributed by atoms with E-state index in [-0.39, 0.29) is 25.0 Å². The Balaban J connectivity index is 3.81. The topological polar surface area (TPSA) is 78.8 Å². The zero-order valence-corrected chi connectivity index (χ0v) is 8.86. The maximum atomic E-state index is 10.7. The Morgan fingerprint density at radius 1 is 1.50 bits per heavy atom. The van der Waals surface area contributed by atoms with Gasteiger partial charge in [-0.15, -0.1) is 0 Å². The number of methoxy groups -OCH3 is 1. The van der Waals surface area contributed by atoms with Crippen LogP contribution in [0.15, 0.2) is 0 Å². The highest BCUT2D eigenvalue weighted by atomic mass is 16.5. The molecular weight excluding hydrogens is 186 g/mol. The first-order valence-corrected chi connectivity index (χ1v) is 4.59. The van der Waals surface area contributed by atoms with Crippen LogP contribution < -0.4 is 5.32 Å². The summed E-state index contributed by atoms with van der Waals surface area (Å²) in [6.07, 6.45) is -1.27. The summed E-state index contributed by atoms with van der Waals surface area (Å²) >= 11 is 0. The molecule has 14 heavy (non-hydrogen) atoms. The van der Waals surface area contributed by atoms with Crippen LogP contribution in [0, 0.1) is 0 Å². The normalized spacial score (nSPS) is 17.2. The molecular formula is C9H19NO4. The van der Waals surface area contributed by atoms with Gasteiger partial charge in [-0.2, -0.15) is 0 Å². The van der Waals surface area contributed by atoms with E-state index in [4.69, 9.17) is 4.74 Å². The molecule has 0 aliphatic carbocycles. The highest BCUT2D eigenvalue weighted by molar-refractivity contribution is 5.73. The molecule has 3 atom stereocenters. The number of carbonyl (C=O) groups is 1. The van der Waals surface area contributed by atoms with E-state index in [9.17, 15) is 15.0 Å². The number of hydrogen-bond acceptors (Lipinski definition) is 4. The summed E-state index contributed by atoms with van der Waals surface area (Å²) in [4.78, 5) is 10.7. The molecule has 0 aromatic rings. The van der Waals surface area contributed by atoms with Gasteiger partial charge in [0.2, 0.25) is 5.91 Å². The van der Waals surface area contributed by atoms with Gasteiger partial charge < -0.3 is 20.3 Å². The zero-order chi connectivity index (χ0) is 11.1.